The van der Waals surface area contributed by atoms with Gasteiger partial charge in [-0.25, -0.2) is 4.18 Å². The predicted octanol–water partition coefficient (Wildman–Crippen LogP) is 4.36. The zero-order valence-electron chi connectivity index (χ0n) is 13.4. The molecule has 0 aliphatic rings. The van der Waals surface area contributed by atoms with Crippen LogP contribution in [0.1, 0.15) is 0 Å². The van der Waals surface area contributed by atoms with Gasteiger partial charge in [0.05, 0.1) is 0 Å². The van der Waals surface area contributed by atoms with Crippen LogP contribution in [0.2, 0.25) is 0 Å². The van der Waals surface area contributed by atoms with E-state index in [1.807, 2.05) is 0 Å². The SMILES string of the molecule is O=[S+](O)(Oc1ccc2ccccc2c1-n1nc2ccccc2n1)C(F)(F)F. The third-order valence-corrected chi connectivity index (χ3v) is 4.84. The second-order valence-electron chi connectivity index (χ2n) is 5.62. The van der Waals surface area contributed by atoms with Crippen LogP contribution in [0, 0.1) is 0 Å². The second-order valence-corrected chi connectivity index (χ2v) is 7.20. The van der Waals surface area contributed by atoms with Crippen molar-refractivity contribution in [2.75, 3.05) is 0 Å². The van der Waals surface area contributed by atoms with E-state index >= 15 is 0 Å². The fraction of sp³-hybridized carbons (Fsp3) is 0.0588. The Kier molecular flexibility index (Phi) is 3.89. The molecule has 4 aromatic rings. The lowest BCUT2D eigenvalue weighted by atomic mass is 10.1. The summed E-state index contributed by atoms with van der Waals surface area (Å²) >= 11 is 0. The van der Waals surface area contributed by atoms with Crippen LogP contribution in [0.15, 0.2) is 60.7 Å². The first-order chi connectivity index (χ1) is 12.8. The van der Waals surface area contributed by atoms with E-state index in [1.54, 1.807) is 48.5 Å². The van der Waals surface area contributed by atoms with Gasteiger partial charge in [0.1, 0.15) is 16.7 Å². The Hall–Kier alpha value is -2.98. The molecule has 10 heteroatoms. The molecule has 4 rings (SSSR count). The summed E-state index contributed by atoms with van der Waals surface area (Å²) in [5.74, 6) is -0.459. The summed E-state index contributed by atoms with van der Waals surface area (Å²) < 4.78 is 64.0. The molecule has 1 atom stereocenters. The summed E-state index contributed by atoms with van der Waals surface area (Å²) in [6.07, 6.45) is 0. The first-order valence-corrected chi connectivity index (χ1v) is 9.07. The number of alkyl halides is 3. The van der Waals surface area contributed by atoms with Gasteiger partial charge in [-0.05, 0) is 27.8 Å². The molecule has 138 valence electrons. The quantitative estimate of drug-likeness (QED) is 0.523. The second kappa shape index (κ2) is 6.03. The molecule has 0 spiro atoms. The molecule has 0 amide bonds. The molecule has 27 heavy (non-hydrogen) atoms. The van der Waals surface area contributed by atoms with Crippen LogP contribution in [0.4, 0.5) is 13.2 Å². The van der Waals surface area contributed by atoms with E-state index in [9.17, 15) is 21.9 Å². The van der Waals surface area contributed by atoms with Crippen molar-refractivity contribution in [3.8, 4) is 11.4 Å². The van der Waals surface area contributed by atoms with Gasteiger partial charge in [0, 0.05) is 5.39 Å². The Morgan fingerprint density at radius 3 is 2.15 bits per heavy atom. The molecule has 1 aromatic heterocycles. The number of aromatic nitrogens is 3. The monoisotopic (exact) mass is 394 g/mol. The van der Waals surface area contributed by atoms with Gasteiger partial charge in [0.25, 0.3) is 0 Å². The maximum Gasteiger partial charge on any atom is 0.650 e. The van der Waals surface area contributed by atoms with Crippen LogP contribution in [0.5, 0.6) is 5.75 Å². The number of hydrogen-bond acceptors (Lipinski definition) is 4. The topological polar surface area (TPSA) is 77.2 Å². The normalized spacial score (nSPS) is 14.4. The van der Waals surface area contributed by atoms with Crippen molar-refractivity contribution in [2.24, 2.45) is 0 Å². The zero-order chi connectivity index (χ0) is 19.2. The lowest BCUT2D eigenvalue weighted by molar-refractivity contribution is -0.0577. The number of fused-ring (bicyclic) bond motifs is 2. The fourth-order valence-electron chi connectivity index (χ4n) is 2.64. The highest BCUT2D eigenvalue weighted by molar-refractivity contribution is 7.94. The van der Waals surface area contributed by atoms with Gasteiger partial charge in [-0.1, -0.05) is 42.5 Å². The summed E-state index contributed by atoms with van der Waals surface area (Å²) in [5.41, 5.74) is -4.39. The van der Waals surface area contributed by atoms with Crippen LogP contribution in [0.3, 0.4) is 0 Å². The largest absolute Gasteiger partial charge is 0.650 e. The lowest BCUT2D eigenvalue weighted by Crippen LogP contribution is -2.34. The summed E-state index contributed by atoms with van der Waals surface area (Å²) in [6, 6.07) is 16.4. The summed E-state index contributed by atoms with van der Waals surface area (Å²) in [6.45, 7) is 0. The van der Waals surface area contributed by atoms with Crippen LogP contribution < -0.4 is 4.18 Å². The third kappa shape index (κ3) is 3.02. The molecule has 1 unspecified atom stereocenters. The minimum Gasteiger partial charge on any atom is -0.243 e. The Balaban J connectivity index is 1.97. The number of halogens is 3. The van der Waals surface area contributed by atoms with Gasteiger partial charge in [-0.15, -0.1) is 32.7 Å². The predicted molar refractivity (Wildman–Crippen MR) is 93.7 cm³/mol. The number of nitrogens with zero attached hydrogens (tertiary/aromatic N) is 3. The highest BCUT2D eigenvalue weighted by Gasteiger charge is 2.63. The zero-order valence-corrected chi connectivity index (χ0v) is 14.2. The summed E-state index contributed by atoms with van der Waals surface area (Å²) in [7, 11) is -5.60. The van der Waals surface area contributed by atoms with Crippen molar-refractivity contribution in [3.63, 3.8) is 0 Å². The Labute approximate surface area is 151 Å². The van der Waals surface area contributed by atoms with E-state index in [1.165, 1.54) is 12.1 Å². The maximum absolute atomic E-state index is 12.8. The van der Waals surface area contributed by atoms with E-state index in [4.69, 9.17) is 0 Å². The first kappa shape index (κ1) is 17.4. The van der Waals surface area contributed by atoms with Crippen molar-refractivity contribution < 1.29 is 26.1 Å². The van der Waals surface area contributed by atoms with Gasteiger partial charge >= 0.3 is 16.0 Å². The van der Waals surface area contributed by atoms with Crippen LogP contribution in [0.25, 0.3) is 27.5 Å². The minimum atomic E-state index is -5.60. The minimum absolute atomic E-state index is 0.0373. The van der Waals surface area contributed by atoms with E-state index < -0.39 is 21.8 Å². The molecule has 1 N–H and O–H groups in total. The maximum atomic E-state index is 12.8. The Bertz CT molecular complexity index is 1170. The van der Waals surface area contributed by atoms with Crippen molar-refractivity contribution >= 4 is 32.3 Å². The summed E-state index contributed by atoms with van der Waals surface area (Å²) in [4.78, 5) is 1.11. The molecule has 0 aliphatic carbocycles. The molecule has 0 radical (unpaired) electrons. The van der Waals surface area contributed by atoms with Crippen molar-refractivity contribution in [1.82, 2.24) is 15.0 Å². The lowest BCUT2D eigenvalue weighted by Gasteiger charge is -2.12. The molecular weight excluding hydrogens is 383 g/mol. The van der Waals surface area contributed by atoms with Crippen LogP contribution in [-0.4, -0.2) is 25.1 Å². The van der Waals surface area contributed by atoms with Gasteiger partial charge in [-0.2, -0.15) is 0 Å². The molecule has 0 aliphatic heterocycles. The smallest absolute Gasteiger partial charge is 0.243 e. The molecule has 0 saturated heterocycles. The highest BCUT2D eigenvalue weighted by Crippen LogP contribution is 2.37. The molecule has 6 nitrogen and oxygen atoms in total. The van der Waals surface area contributed by atoms with Gasteiger partial charge < -0.3 is 0 Å². The highest BCUT2D eigenvalue weighted by atomic mass is 32.3. The average Bonchev–Trinajstić information content (AvgIpc) is 3.03. The molecule has 1 heterocycles. The average molecular weight is 394 g/mol. The van der Waals surface area contributed by atoms with Crippen molar-refractivity contribution in [3.05, 3.63) is 60.7 Å². The van der Waals surface area contributed by atoms with Crippen LogP contribution >= 0.6 is 0 Å². The van der Waals surface area contributed by atoms with Crippen LogP contribution in [-0.2, 0) is 14.7 Å². The molecule has 0 saturated carbocycles. The molecular formula is C17H11F3N3O3S+. The van der Waals surface area contributed by atoms with E-state index in [2.05, 4.69) is 14.4 Å². The third-order valence-electron chi connectivity index (χ3n) is 3.85. The van der Waals surface area contributed by atoms with Gasteiger partial charge in [0.15, 0.2) is 0 Å². The fourth-order valence-corrected chi connectivity index (χ4v) is 3.11. The van der Waals surface area contributed by atoms with Gasteiger partial charge in [0.2, 0.25) is 5.75 Å². The number of hydrogen-bond donors (Lipinski definition) is 1. The van der Waals surface area contributed by atoms with E-state index in [0.717, 1.165) is 4.80 Å². The molecule has 0 bridgehead atoms. The standard InChI is InChI=1S/C17H10F3N3O3S/c18-17(19,20)27(24,25)26-15-10-9-11-5-1-2-6-12(11)16(15)23-21-13-7-3-4-8-14(13)22-23/h1-10H/p+1. The number of rotatable bonds is 3. The molecule has 0 fully saturated rings. The first-order valence-electron chi connectivity index (χ1n) is 7.63. The van der Waals surface area contributed by atoms with E-state index in [0.29, 0.717) is 21.8 Å². The summed E-state index contributed by atoms with van der Waals surface area (Å²) in [5, 5.41) is 9.66. The van der Waals surface area contributed by atoms with E-state index in [-0.39, 0.29) is 5.69 Å². The Morgan fingerprint density at radius 2 is 1.52 bits per heavy atom. The molecule has 3 aromatic carbocycles. The Morgan fingerprint density at radius 1 is 0.926 bits per heavy atom. The van der Waals surface area contributed by atoms with Crippen molar-refractivity contribution in [1.29, 1.82) is 0 Å². The van der Waals surface area contributed by atoms with Crippen molar-refractivity contribution in [2.45, 2.75) is 5.51 Å². The van der Waals surface area contributed by atoms with Gasteiger partial charge in [-0.3, -0.25) is 0 Å². The number of benzene rings is 3.